The molecule has 0 aliphatic rings. The highest BCUT2D eigenvalue weighted by molar-refractivity contribution is 6.31. The summed E-state index contributed by atoms with van der Waals surface area (Å²) in [6.45, 7) is 1.88. The number of halogens is 1. The summed E-state index contributed by atoms with van der Waals surface area (Å²) in [5.74, 6) is -0.382. The summed E-state index contributed by atoms with van der Waals surface area (Å²) in [6, 6.07) is 9.63. The van der Waals surface area contributed by atoms with Crippen molar-refractivity contribution in [2.75, 3.05) is 5.32 Å². The van der Waals surface area contributed by atoms with Crippen molar-refractivity contribution in [3.8, 4) is 0 Å². The molecule has 0 unspecified atom stereocenters. The van der Waals surface area contributed by atoms with Crippen molar-refractivity contribution in [2.45, 2.75) is 6.92 Å². The van der Waals surface area contributed by atoms with Gasteiger partial charge in [0.25, 0.3) is 5.91 Å². The number of pyridine rings is 1. The number of aromatic nitrogens is 1. The molecule has 0 aliphatic heterocycles. The third-order valence-electron chi connectivity index (χ3n) is 2.44. The van der Waals surface area contributed by atoms with E-state index in [4.69, 9.17) is 11.6 Å². The molecular weight excluding hydrogens is 252 g/mol. The van der Waals surface area contributed by atoms with Gasteiger partial charge in [0.1, 0.15) is 5.69 Å². The number of nitrogens with one attached hydrogen (secondary N) is 2. The molecule has 0 aliphatic carbocycles. The van der Waals surface area contributed by atoms with Gasteiger partial charge in [0, 0.05) is 16.8 Å². The van der Waals surface area contributed by atoms with Gasteiger partial charge in [-0.05, 0) is 30.7 Å². The monoisotopic (exact) mass is 262 g/mol. The topological polar surface area (TPSA) is 62.0 Å². The van der Waals surface area contributed by atoms with Crippen LogP contribution < -0.4 is 10.9 Å². The third kappa shape index (κ3) is 2.78. The largest absolute Gasteiger partial charge is 0.321 e. The smallest absolute Gasteiger partial charge is 0.272 e. The van der Waals surface area contributed by atoms with Crippen LogP contribution in [0.25, 0.3) is 0 Å². The highest BCUT2D eigenvalue weighted by atomic mass is 35.5. The van der Waals surface area contributed by atoms with Crippen LogP contribution in [0.2, 0.25) is 5.02 Å². The summed E-state index contributed by atoms with van der Waals surface area (Å²) in [5, 5.41) is 3.24. The van der Waals surface area contributed by atoms with Gasteiger partial charge in [-0.15, -0.1) is 0 Å². The summed E-state index contributed by atoms with van der Waals surface area (Å²) in [5.41, 5.74) is 1.41. The van der Waals surface area contributed by atoms with E-state index in [-0.39, 0.29) is 17.2 Å². The van der Waals surface area contributed by atoms with E-state index in [1.165, 1.54) is 18.2 Å². The van der Waals surface area contributed by atoms with E-state index in [0.717, 1.165) is 5.56 Å². The number of aromatic amines is 1. The molecule has 0 saturated carbocycles. The Balaban J connectivity index is 2.21. The van der Waals surface area contributed by atoms with Crippen LogP contribution in [-0.4, -0.2) is 10.9 Å². The maximum atomic E-state index is 11.8. The Morgan fingerprint density at radius 3 is 2.72 bits per heavy atom. The summed E-state index contributed by atoms with van der Waals surface area (Å²) in [4.78, 5) is 25.4. The van der Waals surface area contributed by atoms with Crippen molar-refractivity contribution in [3.05, 3.63) is 63.0 Å². The van der Waals surface area contributed by atoms with Crippen molar-refractivity contribution >= 4 is 23.2 Å². The maximum absolute atomic E-state index is 11.8. The van der Waals surface area contributed by atoms with Crippen molar-refractivity contribution in [2.24, 2.45) is 0 Å². The number of rotatable bonds is 2. The lowest BCUT2D eigenvalue weighted by molar-refractivity contribution is 0.102. The van der Waals surface area contributed by atoms with E-state index in [0.29, 0.717) is 10.7 Å². The number of aryl methyl sites for hydroxylation is 1. The van der Waals surface area contributed by atoms with Crippen LogP contribution in [0.3, 0.4) is 0 Å². The molecule has 18 heavy (non-hydrogen) atoms. The van der Waals surface area contributed by atoms with Gasteiger partial charge in [0.2, 0.25) is 5.56 Å². The number of benzene rings is 1. The van der Waals surface area contributed by atoms with Crippen LogP contribution in [0, 0.1) is 6.92 Å². The molecule has 0 atom stereocenters. The van der Waals surface area contributed by atoms with Crippen LogP contribution in [0.1, 0.15) is 16.1 Å². The second-order valence-electron chi connectivity index (χ2n) is 3.85. The molecular formula is C13H11ClN2O2. The quantitative estimate of drug-likeness (QED) is 0.874. The summed E-state index contributed by atoms with van der Waals surface area (Å²) < 4.78 is 0. The van der Waals surface area contributed by atoms with Crippen LogP contribution >= 0.6 is 11.6 Å². The molecule has 1 aromatic carbocycles. The van der Waals surface area contributed by atoms with Gasteiger partial charge in [-0.3, -0.25) is 9.59 Å². The summed E-state index contributed by atoms with van der Waals surface area (Å²) in [7, 11) is 0. The number of amides is 1. The predicted molar refractivity (Wildman–Crippen MR) is 71.2 cm³/mol. The first-order valence-electron chi connectivity index (χ1n) is 5.33. The average molecular weight is 263 g/mol. The van der Waals surface area contributed by atoms with Gasteiger partial charge in [-0.1, -0.05) is 23.7 Å². The molecule has 0 spiro atoms. The molecule has 4 nitrogen and oxygen atoms in total. The Morgan fingerprint density at radius 1 is 1.28 bits per heavy atom. The van der Waals surface area contributed by atoms with E-state index < -0.39 is 0 Å². The van der Waals surface area contributed by atoms with E-state index >= 15 is 0 Å². The van der Waals surface area contributed by atoms with Gasteiger partial charge in [-0.2, -0.15) is 0 Å². The van der Waals surface area contributed by atoms with Crippen molar-refractivity contribution < 1.29 is 4.79 Å². The zero-order valence-corrected chi connectivity index (χ0v) is 10.4. The van der Waals surface area contributed by atoms with Gasteiger partial charge >= 0.3 is 0 Å². The number of H-pyrrole nitrogens is 1. The molecule has 0 bridgehead atoms. The normalized spacial score (nSPS) is 10.1. The van der Waals surface area contributed by atoms with E-state index in [2.05, 4.69) is 10.3 Å². The van der Waals surface area contributed by atoms with Crippen molar-refractivity contribution in [1.82, 2.24) is 4.98 Å². The molecule has 1 amide bonds. The molecule has 2 N–H and O–H groups in total. The fraction of sp³-hybridized carbons (Fsp3) is 0.0769. The lowest BCUT2D eigenvalue weighted by Crippen LogP contribution is -2.17. The molecule has 92 valence electrons. The molecule has 1 aromatic heterocycles. The highest BCUT2D eigenvalue weighted by Crippen LogP contribution is 2.20. The number of carbonyl (C=O) groups excluding carboxylic acids is 1. The van der Waals surface area contributed by atoms with Crippen molar-refractivity contribution in [3.63, 3.8) is 0 Å². The first kappa shape index (κ1) is 12.4. The number of carbonyl (C=O) groups is 1. The predicted octanol–water partition coefficient (Wildman–Crippen LogP) is 2.59. The first-order chi connectivity index (χ1) is 8.56. The second-order valence-corrected chi connectivity index (χ2v) is 4.25. The summed E-state index contributed by atoms with van der Waals surface area (Å²) in [6.07, 6.45) is 0. The Labute approximate surface area is 109 Å². The lowest BCUT2D eigenvalue weighted by atomic mass is 10.2. The lowest BCUT2D eigenvalue weighted by Gasteiger charge is -2.06. The maximum Gasteiger partial charge on any atom is 0.272 e. The molecule has 0 radical (unpaired) electrons. The minimum absolute atomic E-state index is 0.208. The third-order valence-corrected chi connectivity index (χ3v) is 2.85. The van der Waals surface area contributed by atoms with E-state index in [1.54, 1.807) is 12.1 Å². The minimum atomic E-state index is -0.382. The SMILES string of the molecule is Cc1ccc(NC(=O)c2cccc(=O)[nH]2)cc1Cl. The number of anilines is 1. The minimum Gasteiger partial charge on any atom is -0.321 e. The van der Waals surface area contributed by atoms with Gasteiger partial charge in [0.15, 0.2) is 0 Å². The van der Waals surface area contributed by atoms with Gasteiger partial charge in [0.05, 0.1) is 0 Å². The molecule has 0 fully saturated rings. The summed E-state index contributed by atoms with van der Waals surface area (Å²) >= 11 is 5.96. The van der Waals surface area contributed by atoms with Crippen LogP contribution in [-0.2, 0) is 0 Å². The van der Waals surface area contributed by atoms with Crippen LogP contribution in [0.4, 0.5) is 5.69 Å². The number of hydrogen-bond acceptors (Lipinski definition) is 2. The Bertz CT molecular complexity index is 649. The molecule has 5 heteroatoms. The van der Waals surface area contributed by atoms with Crippen molar-refractivity contribution in [1.29, 1.82) is 0 Å². The fourth-order valence-electron chi connectivity index (χ4n) is 1.45. The van der Waals surface area contributed by atoms with Gasteiger partial charge in [-0.25, -0.2) is 0 Å². The fourth-order valence-corrected chi connectivity index (χ4v) is 1.63. The molecule has 1 heterocycles. The van der Waals surface area contributed by atoms with E-state index in [9.17, 15) is 9.59 Å². The van der Waals surface area contributed by atoms with Crippen LogP contribution in [0.5, 0.6) is 0 Å². The molecule has 0 saturated heterocycles. The number of hydrogen-bond donors (Lipinski definition) is 2. The molecule has 2 aromatic rings. The standard InChI is InChI=1S/C13H11ClN2O2/c1-8-5-6-9(7-10(8)14)15-13(18)11-3-2-4-12(17)16-11/h2-7H,1H3,(H,15,18)(H,16,17). The Kier molecular flexibility index (Phi) is 3.48. The molecule has 2 rings (SSSR count). The zero-order valence-electron chi connectivity index (χ0n) is 9.66. The van der Waals surface area contributed by atoms with E-state index in [1.807, 2.05) is 13.0 Å². The first-order valence-corrected chi connectivity index (χ1v) is 5.71. The highest BCUT2D eigenvalue weighted by Gasteiger charge is 2.07. The average Bonchev–Trinajstić information content (AvgIpc) is 2.34. The van der Waals surface area contributed by atoms with Crippen LogP contribution in [0.15, 0.2) is 41.2 Å². The second kappa shape index (κ2) is 5.06. The zero-order chi connectivity index (χ0) is 13.1. The Morgan fingerprint density at radius 2 is 2.06 bits per heavy atom. The van der Waals surface area contributed by atoms with Gasteiger partial charge < -0.3 is 10.3 Å². The Hall–Kier alpha value is -2.07.